The van der Waals surface area contributed by atoms with E-state index in [1.165, 1.54) is 45.4 Å². The zero-order chi connectivity index (χ0) is 10.4. The molecule has 0 aromatic rings. The first kappa shape index (κ1) is 12.0. The molecule has 0 spiro atoms. The molecule has 0 unspecified atom stereocenters. The third kappa shape index (κ3) is 3.97. The quantitative estimate of drug-likeness (QED) is 0.703. The average molecular weight is 198 g/mol. The molecule has 1 saturated carbocycles. The predicted octanol–water partition coefficient (Wildman–Crippen LogP) is 2.11. The van der Waals surface area contributed by atoms with E-state index in [-0.39, 0.29) is 0 Å². The molecule has 0 radical (unpaired) electrons. The maximum atomic E-state index is 3.67. The molecule has 84 valence electrons. The lowest BCUT2D eigenvalue weighted by molar-refractivity contribution is 0.295. The van der Waals surface area contributed by atoms with E-state index in [2.05, 4.69) is 31.0 Å². The lowest BCUT2D eigenvalue weighted by Crippen LogP contribution is -2.36. The van der Waals surface area contributed by atoms with Crippen molar-refractivity contribution in [3.63, 3.8) is 0 Å². The highest BCUT2D eigenvalue weighted by molar-refractivity contribution is 4.78. The number of hydrogen-bond acceptors (Lipinski definition) is 2. The first-order chi connectivity index (χ1) is 6.76. The fraction of sp³-hybridized carbons (Fsp3) is 1.00. The Morgan fingerprint density at radius 1 is 1.21 bits per heavy atom. The van der Waals surface area contributed by atoms with Gasteiger partial charge in [-0.25, -0.2) is 0 Å². The van der Waals surface area contributed by atoms with Crippen LogP contribution in [0.5, 0.6) is 0 Å². The fourth-order valence-electron chi connectivity index (χ4n) is 2.36. The second kappa shape index (κ2) is 6.41. The normalized spacial score (nSPS) is 27.4. The summed E-state index contributed by atoms with van der Waals surface area (Å²) >= 11 is 0. The Morgan fingerprint density at radius 3 is 2.43 bits per heavy atom. The molecule has 1 aliphatic carbocycles. The molecule has 0 aliphatic heterocycles. The highest BCUT2D eigenvalue weighted by atomic mass is 15.1. The fourth-order valence-corrected chi connectivity index (χ4v) is 2.36. The summed E-state index contributed by atoms with van der Waals surface area (Å²) in [6, 6.07) is 0.806. The standard InChI is InChI=1S/C12H26N2/c1-4-14(5-2)9-8-13-12-7-6-11(3)10-12/h11-13H,4-10H2,1-3H3/t11-,12+/m0/s1. The number of nitrogens with zero attached hydrogens (tertiary/aromatic N) is 1. The van der Waals surface area contributed by atoms with Crippen LogP contribution in [-0.4, -0.2) is 37.1 Å². The summed E-state index contributed by atoms with van der Waals surface area (Å²) in [6.07, 6.45) is 4.20. The lowest BCUT2D eigenvalue weighted by atomic mass is 10.1. The van der Waals surface area contributed by atoms with Gasteiger partial charge in [0.15, 0.2) is 0 Å². The largest absolute Gasteiger partial charge is 0.313 e. The van der Waals surface area contributed by atoms with Crippen LogP contribution in [-0.2, 0) is 0 Å². The zero-order valence-electron chi connectivity index (χ0n) is 10.1. The monoisotopic (exact) mass is 198 g/mol. The molecular weight excluding hydrogens is 172 g/mol. The number of nitrogens with one attached hydrogen (secondary N) is 1. The van der Waals surface area contributed by atoms with E-state index >= 15 is 0 Å². The van der Waals surface area contributed by atoms with E-state index in [1.807, 2.05) is 0 Å². The third-order valence-electron chi connectivity index (χ3n) is 3.45. The molecule has 0 amide bonds. The van der Waals surface area contributed by atoms with Crippen LogP contribution in [0.2, 0.25) is 0 Å². The molecule has 0 heterocycles. The molecule has 0 saturated heterocycles. The Hall–Kier alpha value is -0.0800. The topological polar surface area (TPSA) is 15.3 Å². The minimum absolute atomic E-state index is 0.806. The minimum atomic E-state index is 0.806. The van der Waals surface area contributed by atoms with Gasteiger partial charge in [0.05, 0.1) is 0 Å². The van der Waals surface area contributed by atoms with E-state index in [1.54, 1.807) is 0 Å². The summed E-state index contributed by atoms with van der Waals surface area (Å²) in [4.78, 5) is 2.48. The third-order valence-corrected chi connectivity index (χ3v) is 3.45. The van der Waals surface area contributed by atoms with Crippen molar-refractivity contribution >= 4 is 0 Å². The van der Waals surface area contributed by atoms with Gasteiger partial charge in [0.1, 0.15) is 0 Å². The van der Waals surface area contributed by atoms with Crippen molar-refractivity contribution in [3.05, 3.63) is 0 Å². The van der Waals surface area contributed by atoms with Crippen LogP contribution in [0.1, 0.15) is 40.0 Å². The van der Waals surface area contributed by atoms with Gasteiger partial charge in [-0.1, -0.05) is 20.8 Å². The molecular formula is C12H26N2. The summed E-state index contributed by atoms with van der Waals surface area (Å²) in [5, 5.41) is 3.67. The van der Waals surface area contributed by atoms with Gasteiger partial charge >= 0.3 is 0 Å². The Labute approximate surface area is 89.1 Å². The van der Waals surface area contributed by atoms with Gasteiger partial charge in [-0.15, -0.1) is 0 Å². The van der Waals surface area contributed by atoms with Crippen LogP contribution < -0.4 is 5.32 Å². The van der Waals surface area contributed by atoms with Crippen LogP contribution in [0.4, 0.5) is 0 Å². The van der Waals surface area contributed by atoms with Crippen LogP contribution >= 0.6 is 0 Å². The molecule has 0 aromatic heterocycles. The lowest BCUT2D eigenvalue weighted by Gasteiger charge is -2.20. The molecule has 2 nitrogen and oxygen atoms in total. The van der Waals surface area contributed by atoms with Crippen molar-refractivity contribution in [2.24, 2.45) is 5.92 Å². The molecule has 1 fully saturated rings. The Balaban J connectivity index is 2.03. The predicted molar refractivity (Wildman–Crippen MR) is 62.6 cm³/mol. The molecule has 1 N–H and O–H groups in total. The summed E-state index contributed by atoms with van der Waals surface area (Å²) in [6.45, 7) is 11.6. The molecule has 0 bridgehead atoms. The van der Waals surface area contributed by atoms with Crippen LogP contribution in [0, 0.1) is 5.92 Å². The summed E-state index contributed by atoms with van der Waals surface area (Å²) in [7, 11) is 0. The molecule has 2 atom stereocenters. The van der Waals surface area contributed by atoms with Crippen molar-refractivity contribution in [2.45, 2.75) is 46.1 Å². The molecule has 0 aromatic carbocycles. The van der Waals surface area contributed by atoms with Gasteiger partial charge in [0.25, 0.3) is 0 Å². The summed E-state index contributed by atoms with van der Waals surface area (Å²) in [5.41, 5.74) is 0. The molecule has 14 heavy (non-hydrogen) atoms. The second-order valence-electron chi connectivity index (χ2n) is 4.60. The average Bonchev–Trinajstić information content (AvgIpc) is 2.59. The van der Waals surface area contributed by atoms with Crippen LogP contribution in [0.3, 0.4) is 0 Å². The van der Waals surface area contributed by atoms with E-state index in [0.29, 0.717) is 0 Å². The van der Waals surface area contributed by atoms with Crippen molar-refractivity contribution < 1.29 is 0 Å². The van der Waals surface area contributed by atoms with Crippen molar-refractivity contribution in [1.82, 2.24) is 10.2 Å². The smallest absolute Gasteiger partial charge is 0.0107 e. The van der Waals surface area contributed by atoms with Gasteiger partial charge in [-0.05, 0) is 38.3 Å². The van der Waals surface area contributed by atoms with E-state index < -0.39 is 0 Å². The zero-order valence-corrected chi connectivity index (χ0v) is 10.1. The van der Waals surface area contributed by atoms with Gasteiger partial charge in [-0.2, -0.15) is 0 Å². The van der Waals surface area contributed by atoms with E-state index in [0.717, 1.165) is 12.0 Å². The van der Waals surface area contributed by atoms with Crippen LogP contribution in [0.15, 0.2) is 0 Å². The first-order valence-electron chi connectivity index (χ1n) is 6.22. The first-order valence-corrected chi connectivity index (χ1v) is 6.22. The summed E-state index contributed by atoms with van der Waals surface area (Å²) in [5.74, 6) is 0.945. The molecule has 1 aliphatic rings. The van der Waals surface area contributed by atoms with Gasteiger partial charge in [0.2, 0.25) is 0 Å². The Morgan fingerprint density at radius 2 is 1.93 bits per heavy atom. The van der Waals surface area contributed by atoms with E-state index in [9.17, 15) is 0 Å². The van der Waals surface area contributed by atoms with Crippen LogP contribution in [0.25, 0.3) is 0 Å². The second-order valence-corrected chi connectivity index (χ2v) is 4.60. The van der Waals surface area contributed by atoms with Crippen molar-refractivity contribution in [1.29, 1.82) is 0 Å². The van der Waals surface area contributed by atoms with Crippen molar-refractivity contribution in [2.75, 3.05) is 26.2 Å². The highest BCUT2D eigenvalue weighted by Gasteiger charge is 2.20. The van der Waals surface area contributed by atoms with Gasteiger partial charge in [0, 0.05) is 19.1 Å². The molecule has 1 rings (SSSR count). The summed E-state index contributed by atoms with van der Waals surface area (Å²) < 4.78 is 0. The van der Waals surface area contributed by atoms with Gasteiger partial charge in [-0.3, -0.25) is 0 Å². The maximum absolute atomic E-state index is 3.67. The number of rotatable bonds is 6. The highest BCUT2D eigenvalue weighted by Crippen LogP contribution is 2.24. The number of likely N-dealkylation sites (N-methyl/N-ethyl adjacent to an activating group) is 1. The Kier molecular flexibility index (Phi) is 5.49. The SMILES string of the molecule is CCN(CC)CCN[C@@H]1CC[C@H](C)C1. The maximum Gasteiger partial charge on any atom is 0.0107 e. The van der Waals surface area contributed by atoms with Crippen molar-refractivity contribution in [3.8, 4) is 0 Å². The Bertz CT molecular complexity index is 143. The minimum Gasteiger partial charge on any atom is -0.313 e. The number of hydrogen-bond donors (Lipinski definition) is 1. The van der Waals surface area contributed by atoms with E-state index in [4.69, 9.17) is 0 Å². The van der Waals surface area contributed by atoms with Gasteiger partial charge < -0.3 is 10.2 Å². The molecule has 2 heteroatoms.